The van der Waals surface area contributed by atoms with Crippen molar-refractivity contribution in [2.75, 3.05) is 0 Å². The fourth-order valence-corrected chi connectivity index (χ4v) is 4.60. The average molecular weight is 482 g/mol. The van der Waals surface area contributed by atoms with Crippen molar-refractivity contribution >= 4 is 69.1 Å². The lowest BCUT2D eigenvalue weighted by Crippen LogP contribution is -2.21. The monoisotopic (exact) mass is 480 g/mol. The molecule has 0 aliphatic carbocycles. The summed E-state index contributed by atoms with van der Waals surface area (Å²) >= 11 is 26.0. The summed E-state index contributed by atoms with van der Waals surface area (Å²) in [7, 11) is 0. The Morgan fingerprint density at radius 3 is 2.41 bits per heavy atom. The number of aromatic nitrogens is 2. The Bertz CT molecular complexity index is 1290. The molecule has 8 heteroatoms. The van der Waals surface area contributed by atoms with Crippen LogP contribution in [-0.2, 0) is 5.75 Å². The molecule has 29 heavy (non-hydrogen) atoms. The molecular formula is C21H12Cl4N2OS. The van der Waals surface area contributed by atoms with Crippen molar-refractivity contribution < 1.29 is 0 Å². The van der Waals surface area contributed by atoms with Crippen molar-refractivity contribution in [2.45, 2.75) is 10.9 Å². The van der Waals surface area contributed by atoms with Crippen LogP contribution in [0.25, 0.3) is 16.6 Å². The second-order valence-electron chi connectivity index (χ2n) is 6.17. The molecule has 0 bridgehead atoms. The highest BCUT2D eigenvalue weighted by Gasteiger charge is 2.15. The smallest absolute Gasteiger partial charge is 0.266 e. The first-order valence-electron chi connectivity index (χ1n) is 8.48. The van der Waals surface area contributed by atoms with E-state index in [-0.39, 0.29) is 5.56 Å². The maximum Gasteiger partial charge on any atom is 0.266 e. The summed E-state index contributed by atoms with van der Waals surface area (Å²) in [6, 6.07) is 17.6. The normalized spacial score (nSPS) is 11.2. The van der Waals surface area contributed by atoms with Gasteiger partial charge in [-0.1, -0.05) is 76.4 Å². The van der Waals surface area contributed by atoms with Gasteiger partial charge < -0.3 is 0 Å². The van der Waals surface area contributed by atoms with Crippen LogP contribution in [-0.4, -0.2) is 9.55 Å². The van der Waals surface area contributed by atoms with E-state index in [4.69, 9.17) is 51.4 Å². The van der Waals surface area contributed by atoms with Crippen molar-refractivity contribution in [3.8, 4) is 5.69 Å². The Hall–Kier alpha value is -1.69. The van der Waals surface area contributed by atoms with Crippen LogP contribution in [0, 0.1) is 0 Å². The Morgan fingerprint density at radius 2 is 1.66 bits per heavy atom. The molecule has 3 nitrogen and oxygen atoms in total. The van der Waals surface area contributed by atoms with Crippen molar-refractivity contribution in [1.82, 2.24) is 9.55 Å². The highest BCUT2D eigenvalue weighted by Crippen LogP contribution is 2.30. The van der Waals surface area contributed by atoms with Gasteiger partial charge in [-0.05, 0) is 48.0 Å². The lowest BCUT2D eigenvalue weighted by molar-refractivity contribution is 0.819. The third-order valence-electron chi connectivity index (χ3n) is 4.28. The molecule has 0 spiro atoms. The predicted molar refractivity (Wildman–Crippen MR) is 123 cm³/mol. The van der Waals surface area contributed by atoms with Gasteiger partial charge >= 0.3 is 0 Å². The molecule has 1 heterocycles. The summed E-state index contributed by atoms with van der Waals surface area (Å²) in [4.78, 5) is 18.0. The Balaban J connectivity index is 1.89. The van der Waals surface area contributed by atoms with Gasteiger partial charge in [-0.3, -0.25) is 9.36 Å². The summed E-state index contributed by atoms with van der Waals surface area (Å²) in [5.41, 5.74) is 1.84. The first-order chi connectivity index (χ1) is 13.9. The third-order valence-corrected chi connectivity index (χ3v) is 6.61. The predicted octanol–water partition coefficient (Wildman–Crippen LogP) is 7.29. The number of hydrogen-bond donors (Lipinski definition) is 0. The van der Waals surface area contributed by atoms with E-state index in [9.17, 15) is 4.79 Å². The second kappa shape index (κ2) is 8.58. The summed E-state index contributed by atoms with van der Waals surface area (Å²) in [5.74, 6) is 0.541. The maximum absolute atomic E-state index is 13.3. The van der Waals surface area contributed by atoms with Gasteiger partial charge in [0.1, 0.15) is 0 Å². The molecule has 0 saturated heterocycles. The van der Waals surface area contributed by atoms with Crippen molar-refractivity contribution in [3.63, 3.8) is 0 Å². The zero-order valence-electron chi connectivity index (χ0n) is 14.7. The SMILES string of the molecule is O=c1c2ccc(Cl)cc2nc(SCc2ccccc2Cl)n1-c1ccc(Cl)c(Cl)c1. The van der Waals surface area contributed by atoms with Crippen LogP contribution in [0.15, 0.2) is 70.6 Å². The van der Waals surface area contributed by atoms with Gasteiger partial charge in [0.25, 0.3) is 5.56 Å². The molecule has 0 N–H and O–H groups in total. The molecule has 3 aromatic carbocycles. The Kier molecular flexibility index (Phi) is 6.09. The van der Waals surface area contributed by atoms with E-state index < -0.39 is 0 Å². The van der Waals surface area contributed by atoms with E-state index in [2.05, 4.69) is 0 Å². The zero-order valence-corrected chi connectivity index (χ0v) is 18.5. The molecule has 0 unspecified atom stereocenters. The minimum atomic E-state index is -0.216. The van der Waals surface area contributed by atoms with Gasteiger partial charge in [0.05, 0.1) is 26.6 Å². The van der Waals surface area contributed by atoms with Crippen LogP contribution in [0.3, 0.4) is 0 Å². The van der Waals surface area contributed by atoms with Crippen molar-refractivity contribution in [3.05, 3.63) is 96.7 Å². The van der Waals surface area contributed by atoms with Crippen LogP contribution in [0.1, 0.15) is 5.56 Å². The van der Waals surface area contributed by atoms with E-state index in [0.717, 1.165) is 5.56 Å². The van der Waals surface area contributed by atoms with Crippen LogP contribution >= 0.6 is 58.2 Å². The molecular weight excluding hydrogens is 470 g/mol. The standard InChI is InChI=1S/C21H12Cl4N2OS/c22-13-5-7-15-19(9-13)26-21(29-11-12-3-1-2-4-16(12)23)27(20(15)28)14-6-8-17(24)18(25)10-14/h1-10H,11H2. The average Bonchev–Trinajstić information content (AvgIpc) is 2.69. The van der Waals surface area contributed by atoms with E-state index in [1.54, 1.807) is 36.4 Å². The molecule has 1 aromatic heterocycles. The minimum Gasteiger partial charge on any atom is -0.268 e. The number of fused-ring (bicyclic) bond motifs is 1. The first kappa shape index (κ1) is 20.6. The van der Waals surface area contributed by atoms with E-state index >= 15 is 0 Å². The fourth-order valence-electron chi connectivity index (χ4n) is 2.84. The van der Waals surface area contributed by atoms with E-state index in [1.165, 1.54) is 16.3 Å². The molecule has 4 aromatic rings. The quantitative estimate of drug-likeness (QED) is 0.226. The number of rotatable bonds is 4. The van der Waals surface area contributed by atoms with Crippen LogP contribution in [0.4, 0.5) is 0 Å². The zero-order chi connectivity index (χ0) is 20.5. The number of benzene rings is 3. The van der Waals surface area contributed by atoms with Crippen LogP contribution < -0.4 is 5.56 Å². The van der Waals surface area contributed by atoms with Crippen molar-refractivity contribution in [1.29, 1.82) is 0 Å². The molecule has 146 valence electrons. The Morgan fingerprint density at radius 1 is 0.862 bits per heavy atom. The van der Waals surface area contributed by atoms with Crippen LogP contribution in [0.2, 0.25) is 20.1 Å². The van der Waals surface area contributed by atoms with E-state index in [1.807, 2.05) is 24.3 Å². The molecule has 4 rings (SSSR count). The summed E-state index contributed by atoms with van der Waals surface area (Å²) in [6.45, 7) is 0. The third kappa shape index (κ3) is 4.27. The number of halogens is 4. The lowest BCUT2D eigenvalue weighted by Gasteiger charge is -2.14. The lowest BCUT2D eigenvalue weighted by atomic mass is 10.2. The number of hydrogen-bond acceptors (Lipinski definition) is 3. The largest absolute Gasteiger partial charge is 0.268 e. The Labute approximate surface area is 191 Å². The fraction of sp³-hybridized carbons (Fsp3) is 0.0476. The molecule has 0 atom stereocenters. The van der Waals surface area contributed by atoms with Gasteiger partial charge in [-0.15, -0.1) is 0 Å². The van der Waals surface area contributed by atoms with Gasteiger partial charge in [-0.25, -0.2) is 4.98 Å². The molecule has 0 saturated carbocycles. The van der Waals surface area contributed by atoms with E-state index in [0.29, 0.717) is 47.6 Å². The molecule has 0 radical (unpaired) electrons. The summed E-state index contributed by atoms with van der Waals surface area (Å²) < 4.78 is 1.53. The topological polar surface area (TPSA) is 34.9 Å². The van der Waals surface area contributed by atoms with Gasteiger partial charge in [0, 0.05) is 15.8 Å². The molecule has 0 fully saturated rings. The summed E-state index contributed by atoms with van der Waals surface area (Å²) in [6.07, 6.45) is 0. The van der Waals surface area contributed by atoms with Gasteiger partial charge in [0.15, 0.2) is 5.16 Å². The second-order valence-corrected chi connectivity index (χ2v) is 8.78. The highest BCUT2D eigenvalue weighted by atomic mass is 35.5. The summed E-state index contributed by atoms with van der Waals surface area (Å²) in [5, 5.41) is 2.90. The molecule has 0 aliphatic heterocycles. The maximum atomic E-state index is 13.3. The highest BCUT2D eigenvalue weighted by molar-refractivity contribution is 7.98. The van der Waals surface area contributed by atoms with Crippen molar-refractivity contribution in [2.24, 2.45) is 0 Å². The molecule has 0 amide bonds. The van der Waals surface area contributed by atoms with Crippen LogP contribution in [0.5, 0.6) is 0 Å². The minimum absolute atomic E-state index is 0.216. The number of nitrogens with zero attached hydrogens (tertiary/aromatic N) is 2. The number of thioether (sulfide) groups is 1. The van der Waals surface area contributed by atoms with Gasteiger partial charge in [0.2, 0.25) is 0 Å². The van der Waals surface area contributed by atoms with Gasteiger partial charge in [-0.2, -0.15) is 0 Å². The first-order valence-corrected chi connectivity index (χ1v) is 11.0. The molecule has 0 aliphatic rings.